The number of nitrogens with one attached hydrogen (secondary N) is 2. The summed E-state index contributed by atoms with van der Waals surface area (Å²) >= 11 is 0. The number of methoxy groups -OCH3 is 1. The van der Waals surface area contributed by atoms with Gasteiger partial charge >= 0.3 is 0 Å². The smallest absolute Gasteiger partial charge is 0.261 e. The fraction of sp³-hybridized carbons (Fsp3) is 0.316. The molecule has 0 radical (unpaired) electrons. The van der Waals surface area contributed by atoms with Crippen LogP contribution in [-0.4, -0.2) is 27.5 Å². The Hall–Kier alpha value is -2.54. The zero-order chi connectivity index (χ0) is 19.3. The molecule has 140 valence electrons. The van der Waals surface area contributed by atoms with E-state index in [1.807, 2.05) is 20.8 Å². The summed E-state index contributed by atoms with van der Waals surface area (Å²) in [6.45, 7) is 5.92. The Morgan fingerprint density at radius 3 is 2.27 bits per heavy atom. The maximum atomic E-state index is 12.6. The zero-order valence-corrected chi connectivity index (χ0v) is 16.1. The number of carbonyl (C=O) groups is 1. The summed E-state index contributed by atoms with van der Waals surface area (Å²) < 4.78 is 32.7. The van der Waals surface area contributed by atoms with Gasteiger partial charge in [0.2, 0.25) is 0 Å². The molecular formula is C19H24N2O4S. The Morgan fingerprint density at radius 1 is 1.04 bits per heavy atom. The maximum absolute atomic E-state index is 12.6. The van der Waals surface area contributed by atoms with Gasteiger partial charge in [0.15, 0.2) is 0 Å². The standard InChI is InChI=1S/C19H24N2O4S/c1-13(2)14(3)20-19(22)15-6-5-7-18(12-15)26(23,24)21-16-8-10-17(25-4)11-9-16/h5-14,21H,1-4H3,(H,20,22). The first-order valence-electron chi connectivity index (χ1n) is 8.30. The van der Waals surface area contributed by atoms with Crippen LogP contribution in [0.3, 0.4) is 0 Å². The van der Waals surface area contributed by atoms with E-state index in [0.29, 0.717) is 17.0 Å². The topological polar surface area (TPSA) is 84.5 Å². The van der Waals surface area contributed by atoms with E-state index < -0.39 is 10.0 Å². The van der Waals surface area contributed by atoms with E-state index in [9.17, 15) is 13.2 Å². The predicted molar refractivity (Wildman–Crippen MR) is 102 cm³/mol. The molecule has 0 aliphatic carbocycles. The second kappa shape index (κ2) is 8.23. The number of rotatable bonds is 7. The van der Waals surface area contributed by atoms with Crippen LogP contribution in [0.4, 0.5) is 5.69 Å². The predicted octanol–water partition coefficient (Wildman–Crippen LogP) is 3.27. The third-order valence-electron chi connectivity index (χ3n) is 4.11. The number of carbonyl (C=O) groups excluding carboxylic acids is 1. The van der Waals surface area contributed by atoms with Crippen LogP contribution in [-0.2, 0) is 10.0 Å². The first-order valence-corrected chi connectivity index (χ1v) is 9.79. The Balaban J connectivity index is 2.20. The molecule has 2 N–H and O–H groups in total. The van der Waals surface area contributed by atoms with Gasteiger partial charge in [0, 0.05) is 17.3 Å². The van der Waals surface area contributed by atoms with Crippen molar-refractivity contribution in [1.29, 1.82) is 0 Å². The summed E-state index contributed by atoms with van der Waals surface area (Å²) in [6, 6.07) is 12.5. The normalized spacial score (nSPS) is 12.5. The molecule has 1 unspecified atom stereocenters. The van der Waals surface area contributed by atoms with Gasteiger partial charge in [0.1, 0.15) is 5.75 Å². The first-order chi connectivity index (χ1) is 12.2. The fourth-order valence-corrected chi connectivity index (χ4v) is 3.24. The van der Waals surface area contributed by atoms with Gasteiger partial charge in [-0.1, -0.05) is 19.9 Å². The average molecular weight is 376 g/mol. The molecule has 7 heteroatoms. The quantitative estimate of drug-likeness (QED) is 0.777. The fourth-order valence-electron chi connectivity index (χ4n) is 2.13. The molecule has 2 aromatic carbocycles. The minimum absolute atomic E-state index is 0.0137. The van der Waals surface area contributed by atoms with Crippen molar-refractivity contribution in [3.05, 3.63) is 54.1 Å². The van der Waals surface area contributed by atoms with E-state index in [1.54, 1.807) is 36.4 Å². The molecule has 0 spiro atoms. The van der Waals surface area contributed by atoms with Crippen LogP contribution in [0.5, 0.6) is 5.75 Å². The number of benzene rings is 2. The van der Waals surface area contributed by atoms with Crippen molar-refractivity contribution in [1.82, 2.24) is 5.32 Å². The average Bonchev–Trinajstić information content (AvgIpc) is 2.62. The highest BCUT2D eigenvalue weighted by Crippen LogP contribution is 2.20. The van der Waals surface area contributed by atoms with Crippen LogP contribution in [0.15, 0.2) is 53.4 Å². The SMILES string of the molecule is COc1ccc(NS(=O)(=O)c2cccc(C(=O)NC(C)C(C)C)c2)cc1. The van der Waals surface area contributed by atoms with Crippen molar-refractivity contribution in [3.8, 4) is 5.75 Å². The monoisotopic (exact) mass is 376 g/mol. The molecule has 2 aromatic rings. The number of hydrogen-bond acceptors (Lipinski definition) is 4. The summed E-state index contributed by atoms with van der Waals surface area (Å²) in [5, 5.41) is 2.87. The summed E-state index contributed by atoms with van der Waals surface area (Å²) in [7, 11) is -2.27. The van der Waals surface area contributed by atoms with E-state index in [4.69, 9.17) is 4.74 Å². The van der Waals surface area contributed by atoms with Gasteiger partial charge in [0.25, 0.3) is 15.9 Å². The van der Waals surface area contributed by atoms with Crippen LogP contribution in [0, 0.1) is 5.92 Å². The minimum Gasteiger partial charge on any atom is -0.497 e. The molecular weight excluding hydrogens is 352 g/mol. The van der Waals surface area contributed by atoms with Crippen molar-refractivity contribution in [2.24, 2.45) is 5.92 Å². The molecule has 1 amide bonds. The van der Waals surface area contributed by atoms with Gasteiger partial charge in [-0.05, 0) is 55.3 Å². The van der Waals surface area contributed by atoms with E-state index in [0.717, 1.165) is 0 Å². The van der Waals surface area contributed by atoms with Crippen molar-refractivity contribution in [2.45, 2.75) is 31.7 Å². The van der Waals surface area contributed by atoms with Crippen molar-refractivity contribution in [3.63, 3.8) is 0 Å². The molecule has 0 aromatic heterocycles. The Bertz CT molecular complexity index is 861. The second-order valence-corrected chi connectivity index (χ2v) is 8.05. The summed E-state index contributed by atoms with van der Waals surface area (Å²) in [5.74, 6) is 0.612. The lowest BCUT2D eigenvalue weighted by Crippen LogP contribution is -2.36. The lowest BCUT2D eigenvalue weighted by molar-refractivity contribution is 0.0930. The van der Waals surface area contributed by atoms with E-state index in [-0.39, 0.29) is 22.8 Å². The summed E-state index contributed by atoms with van der Waals surface area (Å²) in [5.41, 5.74) is 0.712. The van der Waals surface area contributed by atoms with Gasteiger partial charge in [-0.3, -0.25) is 9.52 Å². The Kier molecular flexibility index (Phi) is 6.26. The largest absolute Gasteiger partial charge is 0.497 e. The highest BCUT2D eigenvalue weighted by atomic mass is 32.2. The summed E-state index contributed by atoms with van der Waals surface area (Å²) in [4.78, 5) is 12.4. The number of hydrogen-bond donors (Lipinski definition) is 2. The van der Waals surface area contributed by atoms with Gasteiger partial charge in [-0.15, -0.1) is 0 Å². The van der Waals surface area contributed by atoms with Gasteiger partial charge in [-0.25, -0.2) is 8.42 Å². The Morgan fingerprint density at radius 2 is 1.69 bits per heavy atom. The van der Waals surface area contributed by atoms with Gasteiger partial charge < -0.3 is 10.1 Å². The lowest BCUT2D eigenvalue weighted by Gasteiger charge is -2.17. The highest BCUT2D eigenvalue weighted by molar-refractivity contribution is 7.92. The molecule has 2 rings (SSSR count). The highest BCUT2D eigenvalue weighted by Gasteiger charge is 2.18. The van der Waals surface area contributed by atoms with Crippen LogP contribution < -0.4 is 14.8 Å². The number of sulfonamides is 1. The maximum Gasteiger partial charge on any atom is 0.261 e. The first kappa shape index (κ1) is 19.8. The molecule has 0 aliphatic heterocycles. The lowest BCUT2D eigenvalue weighted by atomic mass is 10.1. The van der Waals surface area contributed by atoms with Crippen molar-refractivity contribution >= 4 is 21.6 Å². The number of anilines is 1. The van der Waals surface area contributed by atoms with Crippen LogP contribution in [0.1, 0.15) is 31.1 Å². The van der Waals surface area contributed by atoms with E-state index in [1.165, 1.54) is 19.2 Å². The van der Waals surface area contributed by atoms with E-state index >= 15 is 0 Å². The molecule has 1 atom stereocenters. The number of ether oxygens (including phenoxy) is 1. The third-order valence-corrected chi connectivity index (χ3v) is 5.49. The molecule has 0 fully saturated rings. The molecule has 0 bridgehead atoms. The van der Waals surface area contributed by atoms with Gasteiger partial charge in [0.05, 0.1) is 12.0 Å². The second-order valence-electron chi connectivity index (χ2n) is 6.37. The van der Waals surface area contributed by atoms with E-state index in [2.05, 4.69) is 10.0 Å². The molecule has 0 saturated carbocycles. The van der Waals surface area contributed by atoms with Crippen LogP contribution >= 0.6 is 0 Å². The third kappa shape index (κ3) is 4.98. The molecule has 6 nitrogen and oxygen atoms in total. The van der Waals surface area contributed by atoms with Gasteiger partial charge in [-0.2, -0.15) is 0 Å². The van der Waals surface area contributed by atoms with Crippen molar-refractivity contribution < 1.29 is 17.9 Å². The van der Waals surface area contributed by atoms with Crippen molar-refractivity contribution in [2.75, 3.05) is 11.8 Å². The Labute approximate surface area is 154 Å². The minimum atomic E-state index is -3.80. The van der Waals surface area contributed by atoms with Crippen LogP contribution in [0.25, 0.3) is 0 Å². The zero-order valence-electron chi connectivity index (χ0n) is 15.3. The molecule has 0 heterocycles. The van der Waals surface area contributed by atoms with Crippen LogP contribution in [0.2, 0.25) is 0 Å². The number of amides is 1. The molecule has 0 saturated heterocycles. The summed E-state index contributed by atoms with van der Waals surface area (Å²) in [6.07, 6.45) is 0. The molecule has 26 heavy (non-hydrogen) atoms. The molecule has 0 aliphatic rings.